The number of rotatable bonds is 10. The normalized spacial score (nSPS) is 14.5. The van der Waals surface area contributed by atoms with Crippen molar-refractivity contribution < 1.29 is 14.0 Å². The Balaban J connectivity index is 2.30. The maximum atomic E-state index is 11.1. The summed E-state index contributed by atoms with van der Waals surface area (Å²) in [5, 5.41) is 2.56. The van der Waals surface area contributed by atoms with Crippen LogP contribution in [-0.4, -0.2) is 34.4 Å². The third-order valence-electron chi connectivity index (χ3n) is 5.47. The lowest BCUT2D eigenvalue weighted by atomic mass is 10.0. The Bertz CT molecular complexity index is 670. The molecular weight excluding hydrogens is 364 g/mol. The van der Waals surface area contributed by atoms with Gasteiger partial charge in [0.1, 0.15) is 6.29 Å². The molecule has 0 aliphatic heterocycles. The fourth-order valence-corrected chi connectivity index (χ4v) is 8.56. The van der Waals surface area contributed by atoms with Crippen molar-refractivity contribution >= 4 is 25.0 Å². The van der Waals surface area contributed by atoms with Crippen LogP contribution in [0.3, 0.4) is 0 Å². The van der Waals surface area contributed by atoms with E-state index in [0.29, 0.717) is 6.61 Å². The largest absolute Gasteiger partial charge is 0.407 e. The average molecular weight is 399 g/mol. The molecule has 0 fully saturated rings. The van der Waals surface area contributed by atoms with Crippen molar-refractivity contribution in [1.29, 1.82) is 0 Å². The minimum atomic E-state index is -2.48. The Hall–Kier alpha value is -1.75. The third-order valence-corrected chi connectivity index (χ3v) is 10.5. The molecule has 2 atom stereocenters. The molecule has 0 N–H and O–H groups in total. The second-order valence-corrected chi connectivity index (χ2v) is 12.7. The van der Waals surface area contributed by atoms with Gasteiger partial charge in [0.2, 0.25) is 0 Å². The van der Waals surface area contributed by atoms with E-state index in [-0.39, 0.29) is 17.1 Å². The maximum absolute atomic E-state index is 11.1. The molecular formula is C24H34O3Si. The van der Waals surface area contributed by atoms with Crippen LogP contribution in [0.15, 0.2) is 60.7 Å². The van der Waals surface area contributed by atoms with Gasteiger partial charge >= 0.3 is 0 Å². The molecule has 2 rings (SSSR count). The van der Waals surface area contributed by atoms with E-state index in [1.54, 1.807) is 7.11 Å². The smallest absolute Gasteiger partial charge is 0.261 e. The van der Waals surface area contributed by atoms with Crippen molar-refractivity contribution in [3.05, 3.63) is 60.7 Å². The second-order valence-electron chi connectivity index (χ2n) is 8.42. The standard InChI is InChI=1S/C24H34O3Si/c1-20(19-25)23(26-5)17-12-18-27-28(24(2,3)4,21-13-8-6-9-14-21)22-15-10-7-11-16-22/h6-11,13-16,19-20,23H,12,17-18H2,1-5H3/t20-,23+/m0/s1. The van der Waals surface area contributed by atoms with Crippen molar-refractivity contribution in [2.45, 2.75) is 51.7 Å². The molecule has 2 aromatic rings. The van der Waals surface area contributed by atoms with Gasteiger partial charge in [-0.25, -0.2) is 0 Å². The molecule has 0 aliphatic carbocycles. The first-order chi connectivity index (χ1) is 13.4. The summed E-state index contributed by atoms with van der Waals surface area (Å²) >= 11 is 0. The molecule has 0 saturated carbocycles. The van der Waals surface area contributed by atoms with Gasteiger partial charge in [0.05, 0.1) is 6.10 Å². The molecule has 4 heteroatoms. The summed E-state index contributed by atoms with van der Waals surface area (Å²) in [6, 6.07) is 21.3. The van der Waals surface area contributed by atoms with Gasteiger partial charge < -0.3 is 14.0 Å². The Morgan fingerprint density at radius 2 is 1.46 bits per heavy atom. The summed E-state index contributed by atoms with van der Waals surface area (Å²) in [4.78, 5) is 11.1. The molecule has 0 radical (unpaired) electrons. The van der Waals surface area contributed by atoms with Gasteiger partial charge in [-0.2, -0.15) is 0 Å². The van der Waals surface area contributed by atoms with Crippen molar-refractivity contribution in [1.82, 2.24) is 0 Å². The van der Waals surface area contributed by atoms with Crippen LogP contribution in [-0.2, 0) is 14.0 Å². The van der Waals surface area contributed by atoms with E-state index in [0.717, 1.165) is 19.1 Å². The Labute approximate surface area is 171 Å². The van der Waals surface area contributed by atoms with Gasteiger partial charge in [0, 0.05) is 19.6 Å². The zero-order chi connectivity index (χ0) is 20.6. The Morgan fingerprint density at radius 1 is 0.964 bits per heavy atom. The van der Waals surface area contributed by atoms with Gasteiger partial charge in [0.25, 0.3) is 8.32 Å². The first-order valence-electron chi connectivity index (χ1n) is 10.1. The predicted octanol–water partition coefficient (Wildman–Crippen LogP) is 4.19. The van der Waals surface area contributed by atoms with Crippen LogP contribution >= 0.6 is 0 Å². The Morgan fingerprint density at radius 3 is 1.86 bits per heavy atom. The number of carbonyl (C=O) groups is 1. The van der Waals surface area contributed by atoms with Crippen LogP contribution < -0.4 is 10.4 Å². The van der Waals surface area contributed by atoms with E-state index in [1.807, 2.05) is 6.92 Å². The molecule has 0 aromatic heterocycles. The van der Waals surface area contributed by atoms with E-state index in [1.165, 1.54) is 10.4 Å². The number of ether oxygens (including phenoxy) is 1. The molecule has 0 spiro atoms. The van der Waals surface area contributed by atoms with Crippen LogP contribution in [0, 0.1) is 5.92 Å². The van der Waals surface area contributed by atoms with E-state index in [2.05, 4.69) is 81.4 Å². The van der Waals surface area contributed by atoms with Crippen LogP contribution in [0.25, 0.3) is 0 Å². The highest BCUT2D eigenvalue weighted by atomic mass is 28.4. The monoisotopic (exact) mass is 398 g/mol. The first-order valence-corrected chi connectivity index (χ1v) is 12.0. The van der Waals surface area contributed by atoms with Crippen LogP contribution in [0.1, 0.15) is 40.5 Å². The van der Waals surface area contributed by atoms with Crippen LogP contribution in [0.4, 0.5) is 0 Å². The number of methoxy groups -OCH3 is 1. The number of hydrogen-bond acceptors (Lipinski definition) is 3. The van der Waals surface area contributed by atoms with Gasteiger partial charge in [-0.05, 0) is 28.3 Å². The topological polar surface area (TPSA) is 35.5 Å². The van der Waals surface area contributed by atoms with Crippen molar-refractivity contribution in [3.8, 4) is 0 Å². The number of aldehydes is 1. The predicted molar refractivity (Wildman–Crippen MR) is 119 cm³/mol. The van der Waals surface area contributed by atoms with E-state index >= 15 is 0 Å². The summed E-state index contributed by atoms with van der Waals surface area (Å²) in [6.45, 7) is 9.41. The maximum Gasteiger partial charge on any atom is 0.261 e. The van der Waals surface area contributed by atoms with Gasteiger partial charge in [-0.15, -0.1) is 0 Å². The lowest BCUT2D eigenvalue weighted by Gasteiger charge is -2.43. The average Bonchev–Trinajstić information content (AvgIpc) is 2.71. The Kier molecular flexibility index (Phi) is 8.17. The van der Waals surface area contributed by atoms with Crippen molar-refractivity contribution in [2.24, 2.45) is 5.92 Å². The number of hydrogen-bond donors (Lipinski definition) is 0. The van der Waals surface area contributed by atoms with Gasteiger partial charge in [-0.3, -0.25) is 0 Å². The number of benzene rings is 2. The zero-order valence-electron chi connectivity index (χ0n) is 17.9. The molecule has 0 bridgehead atoms. The fourth-order valence-electron chi connectivity index (χ4n) is 3.95. The van der Waals surface area contributed by atoms with Crippen LogP contribution in [0.2, 0.25) is 5.04 Å². The lowest BCUT2D eigenvalue weighted by molar-refractivity contribution is -0.114. The van der Waals surface area contributed by atoms with Gasteiger partial charge in [0.15, 0.2) is 0 Å². The molecule has 0 amide bonds. The molecule has 2 aromatic carbocycles. The fraction of sp³-hybridized carbons (Fsp3) is 0.458. The summed E-state index contributed by atoms with van der Waals surface area (Å²) in [5.41, 5.74) is 0. The van der Waals surface area contributed by atoms with E-state index in [4.69, 9.17) is 9.16 Å². The quantitative estimate of drug-likeness (QED) is 0.342. The highest BCUT2D eigenvalue weighted by Gasteiger charge is 2.49. The molecule has 152 valence electrons. The molecule has 0 aliphatic rings. The third kappa shape index (κ3) is 4.99. The molecule has 0 saturated heterocycles. The minimum Gasteiger partial charge on any atom is -0.407 e. The molecule has 28 heavy (non-hydrogen) atoms. The summed E-state index contributed by atoms with van der Waals surface area (Å²) in [7, 11) is -0.803. The lowest BCUT2D eigenvalue weighted by Crippen LogP contribution is -2.66. The first kappa shape index (κ1) is 22.5. The molecule has 0 unspecified atom stereocenters. The van der Waals surface area contributed by atoms with E-state index < -0.39 is 8.32 Å². The SMILES string of the molecule is CO[C@H](CCCO[Si](c1ccccc1)(c1ccccc1)C(C)(C)C)[C@@H](C)C=O. The number of carbonyl (C=O) groups excluding carboxylic acids is 1. The van der Waals surface area contributed by atoms with Crippen molar-refractivity contribution in [2.75, 3.05) is 13.7 Å². The highest BCUT2D eigenvalue weighted by molar-refractivity contribution is 6.99. The highest BCUT2D eigenvalue weighted by Crippen LogP contribution is 2.36. The van der Waals surface area contributed by atoms with Crippen molar-refractivity contribution in [3.63, 3.8) is 0 Å². The zero-order valence-corrected chi connectivity index (χ0v) is 18.9. The van der Waals surface area contributed by atoms with Crippen LogP contribution in [0.5, 0.6) is 0 Å². The van der Waals surface area contributed by atoms with E-state index in [9.17, 15) is 4.79 Å². The van der Waals surface area contributed by atoms with Gasteiger partial charge in [-0.1, -0.05) is 88.4 Å². The summed E-state index contributed by atoms with van der Waals surface area (Å²) in [5.74, 6) is -0.0992. The summed E-state index contributed by atoms with van der Waals surface area (Å²) < 4.78 is 12.4. The molecule has 3 nitrogen and oxygen atoms in total. The second kappa shape index (κ2) is 10.1. The molecule has 0 heterocycles. The summed E-state index contributed by atoms with van der Waals surface area (Å²) in [6.07, 6.45) is 2.59. The minimum absolute atomic E-state index is 0.0214.